The first-order valence-corrected chi connectivity index (χ1v) is 9.56. The first-order chi connectivity index (χ1) is 13.4. The van der Waals surface area contributed by atoms with Gasteiger partial charge < -0.3 is 10.1 Å². The lowest BCUT2D eigenvalue weighted by Crippen LogP contribution is -2.59. The summed E-state index contributed by atoms with van der Waals surface area (Å²) in [5, 5.41) is 4.40. The van der Waals surface area contributed by atoms with Crippen molar-refractivity contribution in [3.63, 3.8) is 0 Å². The van der Waals surface area contributed by atoms with Gasteiger partial charge in [0, 0.05) is 11.0 Å². The van der Waals surface area contributed by atoms with E-state index in [0.29, 0.717) is 11.4 Å². The highest BCUT2D eigenvalue weighted by molar-refractivity contribution is 8.02. The molecule has 0 spiro atoms. The van der Waals surface area contributed by atoms with Gasteiger partial charge >= 0.3 is 5.97 Å². The molecule has 2 aromatic carbocycles. The van der Waals surface area contributed by atoms with Crippen LogP contribution in [0.1, 0.15) is 13.8 Å². The summed E-state index contributed by atoms with van der Waals surface area (Å²) in [4.78, 5) is 39.4. The van der Waals surface area contributed by atoms with Crippen LogP contribution >= 0.6 is 11.8 Å². The van der Waals surface area contributed by atoms with E-state index in [2.05, 4.69) is 5.32 Å². The largest absolute Gasteiger partial charge is 0.452 e. The number of carbonyl (C=O) groups excluding carboxylic acids is 3. The predicted molar refractivity (Wildman–Crippen MR) is 109 cm³/mol. The van der Waals surface area contributed by atoms with Crippen molar-refractivity contribution < 1.29 is 19.1 Å². The molecule has 1 aliphatic heterocycles. The van der Waals surface area contributed by atoms with E-state index < -0.39 is 24.0 Å². The fourth-order valence-electron chi connectivity index (χ4n) is 2.81. The Balaban J connectivity index is 1.64. The highest BCUT2D eigenvalue weighted by Crippen LogP contribution is 2.36. The van der Waals surface area contributed by atoms with Crippen molar-refractivity contribution in [1.29, 1.82) is 0 Å². The second kappa shape index (κ2) is 8.31. The Bertz CT molecular complexity index is 925. The zero-order chi connectivity index (χ0) is 20.1. The Hall–Kier alpha value is -3.06. The molecule has 1 heterocycles. The summed E-state index contributed by atoms with van der Waals surface area (Å²) in [7, 11) is 0. The van der Waals surface area contributed by atoms with Crippen LogP contribution < -0.4 is 10.2 Å². The number of fused-ring (bicyclic) bond motifs is 1. The van der Waals surface area contributed by atoms with Gasteiger partial charge in [0.1, 0.15) is 5.54 Å². The molecule has 1 N–H and O–H groups in total. The number of carbonyl (C=O) groups is 3. The summed E-state index contributed by atoms with van der Waals surface area (Å²) >= 11 is 1.37. The molecule has 0 aromatic heterocycles. The predicted octanol–water partition coefficient (Wildman–Crippen LogP) is 3.60. The topological polar surface area (TPSA) is 75.7 Å². The minimum Gasteiger partial charge on any atom is -0.452 e. The molecule has 2 aromatic rings. The van der Waals surface area contributed by atoms with Crippen LogP contribution in [0.4, 0.5) is 11.4 Å². The minimum atomic E-state index is -1.10. The Morgan fingerprint density at radius 3 is 2.54 bits per heavy atom. The molecule has 2 amide bonds. The van der Waals surface area contributed by atoms with E-state index in [1.807, 2.05) is 30.3 Å². The number of nitrogens with zero attached hydrogens (tertiary/aromatic N) is 1. The van der Waals surface area contributed by atoms with Crippen molar-refractivity contribution in [3.05, 3.63) is 66.1 Å². The zero-order valence-corrected chi connectivity index (χ0v) is 16.4. The number of nitrogens with one attached hydrogen (secondary N) is 1. The molecule has 0 saturated carbocycles. The van der Waals surface area contributed by atoms with Gasteiger partial charge in [0.05, 0.1) is 11.4 Å². The second-order valence-electron chi connectivity index (χ2n) is 6.60. The van der Waals surface area contributed by atoms with Crippen LogP contribution in [0.25, 0.3) is 0 Å². The summed E-state index contributed by atoms with van der Waals surface area (Å²) in [5.74, 6) is -1.39. The van der Waals surface area contributed by atoms with Gasteiger partial charge in [-0.1, -0.05) is 42.1 Å². The van der Waals surface area contributed by atoms with Crippen LogP contribution in [0.5, 0.6) is 0 Å². The lowest BCUT2D eigenvalue weighted by molar-refractivity contribution is -0.143. The van der Waals surface area contributed by atoms with Gasteiger partial charge in [-0.15, -0.1) is 0 Å². The molecule has 0 radical (unpaired) electrons. The summed E-state index contributed by atoms with van der Waals surface area (Å²) in [6, 6.07) is 16.6. The highest BCUT2D eigenvalue weighted by Gasteiger charge is 2.43. The third-order valence-corrected chi connectivity index (χ3v) is 5.06. The first-order valence-electron chi connectivity index (χ1n) is 8.68. The number of hydrogen-bond acceptors (Lipinski definition) is 5. The molecular weight excluding hydrogens is 376 g/mol. The molecule has 28 heavy (non-hydrogen) atoms. The Morgan fingerprint density at radius 2 is 1.79 bits per heavy atom. The Morgan fingerprint density at radius 1 is 1.11 bits per heavy atom. The fourth-order valence-corrected chi connectivity index (χ4v) is 3.46. The molecular formula is C21H20N2O4S. The van der Waals surface area contributed by atoms with Crippen LogP contribution in [-0.4, -0.2) is 29.9 Å². The van der Waals surface area contributed by atoms with Crippen molar-refractivity contribution >= 4 is 40.9 Å². The van der Waals surface area contributed by atoms with E-state index in [4.69, 9.17) is 4.74 Å². The molecule has 144 valence electrons. The maximum absolute atomic E-state index is 12.8. The van der Waals surface area contributed by atoms with Gasteiger partial charge in [-0.05, 0) is 43.5 Å². The lowest BCUT2D eigenvalue weighted by atomic mass is 9.96. The number of hydrogen-bond donors (Lipinski definition) is 1. The number of para-hydroxylation sites is 2. The molecule has 6 nitrogen and oxygen atoms in total. The number of ether oxygens (including phenoxy) is 1. The lowest BCUT2D eigenvalue weighted by Gasteiger charge is -2.41. The van der Waals surface area contributed by atoms with Gasteiger partial charge in [0.15, 0.2) is 6.61 Å². The molecule has 7 heteroatoms. The van der Waals surface area contributed by atoms with Gasteiger partial charge in [-0.25, -0.2) is 4.79 Å². The quantitative estimate of drug-likeness (QED) is 0.475. The summed E-state index contributed by atoms with van der Waals surface area (Å²) in [6.45, 7) is 2.84. The fraction of sp³-hybridized carbons (Fsp3) is 0.190. The van der Waals surface area contributed by atoms with E-state index in [9.17, 15) is 14.4 Å². The molecule has 0 aliphatic carbocycles. The van der Waals surface area contributed by atoms with Crippen molar-refractivity contribution in [2.24, 2.45) is 0 Å². The maximum atomic E-state index is 12.8. The van der Waals surface area contributed by atoms with Crippen molar-refractivity contribution in [1.82, 2.24) is 0 Å². The molecule has 0 atom stereocenters. The average molecular weight is 396 g/mol. The van der Waals surface area contributed by atoms with Crippen LogP contribution in [-0.2, 0) is 19.1 Å². The number of amides is 2. The third kappa shape index (κ3) is 4.26. The summed E-state index contributed by atoms with van der Waals surface area (Å²) < 4.78 is 5.08. The van der Waals surface area contributed by atoms with Gasteiger partial charge in [-0.2, -0.15) is 0 Å². The molecule has 3 rings (SSSR count). The maximum Gasteiger partial charge on any atom is 0.331 e. The Kier molecular flexibility index (Phi) is 5.84. The van der Waals surface area contributed by atoms with Crippen molar-refractivity contribution in [3.8, 4) is 0 Å². The van der Waals surface area contributed by atoms with Gasteiger partial charge in [0.25, 0.3) is 5.91 Å². The first kappa shape index (κ1) is 19.7. The van der Waals surface area contributed by atoms with Crippen LogP contribution in [0, 0.1) is 0 Å². The molecule has 0 bridgehead atoms. The van der Waals surface area contributed by atoms with Crippen molar-refractivity contribution in [2.45, 2.75) is 24.3 Å². The zero-order valence-electron chi connectivity index (χ0n) is 15.5. The van der Waals surface area contributed by atoms with E-state index >= 15 is 0 Å². The number of anilines is 2. The second-order valence-corrected chi connectivity index (χ2v) is 7.58. The Labute approximate surface area is 167 Å². The van der Waals surface area contributed by atoms with E-state index in [1.165, 1.54) is 22.7 Å². The van der Waals surface area contributed by atoms with Crippen LogP contribution in [0.15, 0.2) is 71.0 Å². The minimum absolute atomic E-state index is 0.301. The number of rotatable bonds is 5. The van der Waals surface area contributed by atoms with Crippen LogP contribution in [0.3, 0.4) is 0 Å². The highest BCUT2D eigenvalue weighted by atomic mass is 32.2. The van der Waals surface area contributed by atoms with E-state index in [1.54, 1.807) is 43.5 Å². The monoisotopic (exact) mass is 396 g/mol. The molecule has 0 fully saturated rings. The SMILES string of the molecule is CC1(C)C(=O)Nc2ccccc2N1C(=O)COC(=O)/C=C/Sc1ccccc1. The molecule has 1 aliphatic rings. The average Bonchev–Trinajstić information content (AvgIpc) is 2.68. The van der Waals surface area contributed by atoms with Crippen molar-refractivity contribution in [2.75, 3.05) is 16.8 Å². The van der Waals surface area contributed by atoms with Crippen LogP contribution in [0.2, 0.25) is 0 Å². The smallest absolute Gasteiger partial charge is 0.331 e. The summed E-state index contributed by atoms with van der Waals surface area (Å²) in [6.07, 6.45) is 1.27. The van der Waals surface area contributed by atoms with Gasteiger partial charge in [0.2, 0.25) is 5.91 Å². The standard InChI is InChI=1S/C21H20N2O4S/c1-21(2)20(26)22-16-10-6-7-11-17(16)23(21)18(24)14-27-19(25)12-13-28-15-8-4-3-5-9-15/h3-13H,14H2,1-2H3,(H,22,26)/b13-12+. The van der Waals surface area contributed by atoms with E-state index in [-0.39, 0.29) is 5.91 Å². The number of benzene rings is 2. The number of esters is 1. The third-order valence-electron chi connectivity index (χ3n) is 4.25. The number of thioether (sulfide) groups is 1. The van der Waals surface area contributed by atoms with E-state index in [0.717, 1.165) is 4.90 Å². The van der Waals surface area contributed by atoms with Gasteiger partial charge in [-0.3, -0.25) is 14.5 Å². The molecule has 0 saturated heterocycles. The normalized spacial score (nSPS) is 15.1. The molecule has 0 unspecified atom stereocenters. The summed E-state index contributed by atoms with van der Waals surface area (Å²) in [5.41, 5.74) is 0.0191.